The van der Waals surface area contributed by atoms with Crippen molar-refractivity contribution in [3.05, 3.63) is 63.8 Å². The van der Waals surface area contributed by atoms with Gasteiger partial charge in [-0.25, -0.2) is 0 Å². The van der Waals surface area contributed by atoms with E-state index in [1.165, 1.54) is 27.6 Å². The number of fused-ring (bicyclic) bond motifs is 3. The van der Waals surface area contributed by atoms with Crippen LogP contribution < -0.4 is 0 Å². The number of benzene rings is 2. The molecule has 1 heterocycles. The van der Waals surface area contributed by atoms with E-state index in [9.17, 15) is 0 Å². The van der Waals surface area contributed by atoms with Crippen molar-refractivity contribution >= 4 is 33.0 Å². The van der Waals surface area contributed by atoms with Crippen LogP contribution in [-0.2, 0) is 6.42 Å². The second-order valence-electron chi connectivity index (χ2n) is 5.49. The molecule has 21 heavy (non-hydrogen) atoms. The van der Waals surface area contributed by atoms with Crippen molar-refractivity contribution in [2.75, 3.05) is 0 Å². The van der Waals surface area contributed by atoms with Gasteiger partial charge in [-0.3, -0.25) is 0 Å². The van der Waals surface area contributed by atoms with Gasteiger partial charge in [0.1, 0.15) is 11.3 Å². The molecular formula is C19H15BrO. The van der Waals surface area contributed by atoms with Gasteiger partial charge >= 0.3 is 0 Å². The SMILES string of the molecule is Cc1ccccc1-c1ccc(Br)c2c3c(oc12)CCC=C3. The summed E-state index contributed by atoms with van der Waals surface area (Å²) >= 11 is 3.69. The number of halogens is 1. The Morgan fingerprint density at radius 1 is 1.05 bits per heavy atom. The molecule has 1 aromatic heterocycles. The van der Waals surface area contributed by atoms with Gasteiger partial charge in [-0.2, -0.15) is 0 Å². The minimum Gasteiger partial charge on any atom is -0.460 e. The summed E-state index contributed by atoms with van der Waals surface area (Å²) in [7, 11) is 0. The molecule has 0 unspecified atom stereocenters. The normalized spacial score (nSPS) is 13.6. The third kappa shape index (κ3) is 1.97. The molecule has 0 N–H and O–H groups in total. The Balaban J connectivity index is 2.09. The van der Waals surface area contributed by atoms with E-state index in [2.05, 4.69) is 71.4 Å². The third-order valence-electron chi connectivity index (χ3n) is 4.16. The first-order valence-electron chi connectivity index (χ1n) is 7.22. The zero-order chi connectivity index (χ0) is 14.4. The molecule has 3 aromatic rings. The molecule has 1 nitrogen and oxygen atoms in total. The molecule has 1 aliphatic rings. The topological polar surface area (TPSA) is 13.1 Å². The summed E-state index contributed by atoms with van der Waals surface area (Å²) in [6, 6.07) is 12.7. The molecule has 0 radical (unpaired) electrons. The van der Waals surface area contributed by atoms with Crippen LogP contribution in [0.5, 0.6) is 0 Å². The van der Waals surface area contributed by atoms with Gasteiger partial charge < -0.3 is 4.42 Å². The smallest absolute Gasteiger partial charge is 0.143 e. The lowest BCUT2D eigenvalue weighted by Crippen LogP contribution is -1.88. The van der Waals surface area contributed by atoms with Gasteiger partial charge in [-0.15, -0.1) is 0 Å². The Labute approximate surface area is 132 Å². The van der Waals surface area contributed by atoms with Crippen molar-refractivity contribution in [3.8, 4) is 11.1 Å². The van der Waals surface area contributed by atoms with E-state index >= 15 is 0 Å². The van der Waals surface area contributed by atoms with Gasteiger partial charge in [-0.1, -0.05) is 52.3 Å². The lowest BCUT2D eigenvalue weighted by atomic mass is 9.97. The average molecular weight is 339 g/mol. The van der Waals surface area contributed by atoms with Crippen molar-refractivity contribution in [3.63, 3.8) is 0 Å². The minimum atomic E-state index is 0.986. The van der Waals surface area contributed by atoms with E-state index in [1.54, 1.807) is 0 Å². The molecule has 4 rings (SSSR count). The minimum absolute atomic E-state index is 0.986. The average Bonchev–Trinajstić information content (AvgIpc) is 2.89. The Hall–Kier alpha value is -1.80. The van der Waals surface area contributed by atoms with Gasteiger partial charge in [0, 0.05) is 27.4 Å². The fourth-order valence-corrected chi connectivity index (χ4v) is 3.62. The van der Waals surface area contributed by atoms with E-state index in [1.807, 2.05) is 0 Å². The zero-order valence-electron chi connectivity index (χ0n) is 11.8. The summed E-state index contributed by atoms with van der Waals surface area (Å²) in [6.45, 7) is 2.14. The number of hydrogen-bond donors (Lipinski definition) is 0. The fourth-order valence-electron chi connectivity index (χ4n) is 3.10. The van der Waals surface area contributed by atoms with Crippen LogP contribution in [0.15, 0.2) is 51.4 Å². The second kappa shape index (κ2) is 4.88. The largest absolute Gasteiger partial charge is 0.460 e. The van der Waals surface area contributed by atoms with Crippen LogP contribution in [0.25, 0.3) is 28.2 Å². The van der Waals surface area contributed by atoms with Crippen LogP contribution in [0.1, 0.15) is 23.3 Å². The lowest BCUT2D eigenvalue weighted by Gasteiger charge is -2.07. The summed E-state index contributed by atoms with van der Waals surface area (Å²) in [4.78, 5) is 0. The van der Waals surface area contributed by atoms with E-state index < -0.39 is 0 Å². The molecule has 0 amide bonds. The first-order chi connectivity index (χ1) is 10.3. The van der Waals surface area contributed by atoms with E-state index in [0.717, 1.165) is 28.7 Å². The summed E-state index contributed by atoms with van der Waals surface area (Å²) < 4.78 is 7.33. The molecule has 104 valence electrons. The first-order valence-corrected chi connectivity index (χ1v) is 8.01. The Bertz CT molecular complexity index is 871. The van der Waals surface area contributed by atoms with Crippen LogP contribution in [0.3, 0.4) is 0 Å². The highest BCUT2D eigenvalue weighted by molar-refractivity contribution is 9.10. The Morgan fingerprint density at radius 3 is 2.76 bits per heavy atom. The molecule has 2 heteroatoms. The van der Waals surface area contributed by atoms with Gasteiger partial charge in [0.25, 0.3) is 0 Å². The van der Waals surface area contributed by atoms with Crippen LogP contribution in [0.4, 0.5) is 0 Å². The molecule has 2 aromatic carbocycles. The predicted octanol–water partition coefficient (Wildman–Crippen LogP) is 6.13. The molecule has 0 saturated carbocycles. The number of rotatable bonds is 1. The standard InChI is InChI=1S/C19H15BrO/c1-12-6-2-3-7-13(12)14-10-11-16(20)18-15-8-4-5-9-17(15)21-19(14)18/h2-4,6-8,10-11H,5,9H2,1H3. The number of aryl methyl sites for hydroxylation is 2. The van der Waals surface area contributed by atoms with Crippen molar-refractivity contribution in [2.45, 2.75) is 19.8 Å². The summed E-state index contributed by atoms with van der Waals surface area (Å²) in [5.41, 5.74) is 5.92. The Morgan fingerprint density at radius 2 is 1.90 bits per heavy atom. The van der Waals surface area contributed by atoms with Crippen molar-refractivity contribution < 1.29 is 4.42 Å². The highest BCUT2D eigenvalue weighted by Gasteiger charge is 2.20. The van der Waals surface area contributed by atoms with Gasteiger partial charge in [0.2, 0.25) is 0 Å². The van der Waals surface area contributed by atoms with E-state index in [-0.39, 0.29) is 0 Å². The fraction of sp³-hybridized carbons (Fsp3) is 0.158. The van der Waals surface area contributed by atoms with Gasteiger partial charge in [-0.05, 0) is 36.6 Å². The highest BCUT2D eigenvalue weighted by Crippen LogP contribution is 2.41. The lowest BCUT2D eigenvalue weighted by molar-refractivity contribution is 0.547. The zero-order valence-corrected chi connectivity index (χ0v) is 13.4. The van der Waals surface area contributed by atoms with Crippen LogP contribution >= 0.6 is 15.9 Å². The molecular weight excluding hydrogens is 324 g/mol. The molecule has 0 atom stereocenters. The predicted molar refractivity (Wildman–Crippen MR) is 91.4 cm³/mol. The molecule has 0 aliphatic heterocycles. The Kier molecular flexibility index (Phi) is 3.00. The molecule has 0 fully saturated rings. The van der Waals surface area contributed by atoms with E-state index in [0.29, 0.717) is 0 Å². The highest BCUT2D eigenvalue weighted by atomic mass is 79.9. The third-order valence-corrected chi connectivity index (χ3v) is 4.82. The second-order valence-corrected chi connectivity index (χ2v) is 6.35. The number of hydrogen-bond acceptors (Lipinski definition) is 1. The van der Waals surface area contributed by atoms with Crippen molar-refractivity contribution in [1.82, 2.24) is 0 Å². The number of allylic oxidation sites excluding steroid dienone is 1. The summed E-state index contributed by atoms with van der Waals surface area (Å²) in [5, 5.41) is 1.20. The van der Waals surface area contributed by atoms with Crippen molar-refractivity contribution in [2.24, 2.45) is 0 Å². The van der Waals surface area contributed by atoms with Crippen LogP contribution in [0.2, 0.25) is 0 Å². The van der Waals surface area contributed by atoms with Crippen LogP contribution in [0, 0.1) is 6.92 Å². The monoisotopic (exact) mass is 338 g/mol. The maximum absolute atomic E-state index is 6.23. The summed E-state index contributed by atoms with van der Waals surface area (Å²) in [5.74, 6) is 1.11. The molecule has 0 spiro atoms. The van der Waals surface area contributed by atoms with E-state index in [4.69, 9.17) is 4.42 Å². The maximum atomic E-state index is 6.23. The maximum Gasteiger partial charge on any atom is 0.143 e. The quantitative estimate of drug-likeness (QED) is 0.520. The first kappa shape index (κ1) is 12.9. The van der Waals surface area contributed by atoms with Gasteiger partial charge in [0.15, 0.2) is 0 Å². The molecule has 1 aliphatic carbocycles. The van der Waals surface area contributed by atoms with Crippen molar-refractivity contribution in [1.29, 1.82) is 0 Å². The number of furan rings is 1. The molecule has 0 saturated heterocycles. The molecule has 0 bridgehead atoms. The van der Waals surface area contributed by atoms with Crippen LogP contribution in [-0.4, -0.2) is 0 Å². The van der Waals surface area contributed by atoms with Gasteiger partial charge in [0.05, 0.1) is 0 Å². The summed E-state index contributed by atoms with van der Waals surface area (Å²) in [6.07, 6.45) is 6.46.